The first-order valence-electron chi connectivity index (χ1n) is 3.35. The Morgan fingerprint density at radius 1 is 1.47 bits per heavy atom. The molecule has 0 aliphatic rings. The van der Waals surface area contributed by atoms with Crippen molar-refractivity contribution in [2.75, 3.05) is 7.11 Å². The summed E-state index contributed by atoms with van der Waals surface area (Å²) in [4.78, 5) is -0.473. The molecule has 0 aliphatic carbocycles. The van der Waals surface area contributed by atoms with Crippen LogP contribution in [0.2, 0.25) is 5.02 Å². The van der Waals surface area contributed by atoms with Crippen LogP contribution in [0.25, 0.3) is 0 Å². The Hall–Kier alpha value is 0.700. The Morgan fingerprint density at radius 3 is 2.40 bits per heavy atom. The van der Waals surface area contributed by atoms with Crippen molar-refractivity contribution in [2.45, 2.75) is 4.90 Å². The standard InChI is InChI=1S/C7H6BrClO4S.Na/c1-13-7-5(8)2-4(9)3-6(7)14(10,11)12;/h2-3H,1H3,(H,10,11,12);/q;+1/p-1. The van der Waals surface area contributed by atoms with Gasteiger partial charge in [-0.15, -0.1) is 0 Å². The van der Waals surface area contributed by atoms with Gasteiger partial charge in [-0.05, 0) is 28.1 Å². The third-order valence-corrected chi connectivity index (χ3v) is 3.10. The summed E-state index contributed by atoms with van der Waals surface area (Å²) in [5.74, 6) is -0.0376. The van der Waals surface area contributed by atoms with Crippen LogP contribution in [0.4, 0.5) is 0 Å². The van der Waals surface area contributed by atoms with E-state index in [4.69, 9.17) is 16.3 Å². The Kier molecular flexibility index (Phi) is 6.13. The molecule has 0 unspecified atom stereocenters. The zero-order chi connectivity index (χ0) is 10.9. The SMILES string of the molecule is COc1c(Br)cc(Cl)cc1S(=O)(=O)[O-].[Na+]. The molecule has 0 saturated carbocycles. The van der Waals surface area contributed by atoms with Gasteiger partial charge in [-0.2, -0.15) is 0 Å². The molecule has 15 heavy (non-hydrogen) atoms. The van der Waals surface area contributed by atoms with Crippen LogP contribution >= 0.6 is 27.5 Å². The third-order valence-electron chi connectivity index (χ3n) is 1.45. The molecule has 78 valence electrons. The molecule has 0 aliphatic heterocycles. The summed E-state index contributed by atoms with van der Waals surface area (Å²) in [7, 11) is -3.31. The van der Waals surface area contributed by atoms with Gasteiger partial charge >= 0.3 is 29.6 Å². The summed E-state index contributed by atoms with van der Waals surface area (Å²) < 4.78 is 37.5. The predicted octanol–water partition coefficient (Wildman–Crippen LogP) is -0.981. The summed E-state index contributed by atoms with van der Waals surface area (Å²) in [5, 5.41) is 0.145. The zero-order valence-electron chi connectivity index (χ0n) is 7.95. The van der Waals surface area contributed by atoms with E-state index in [1.807, 2.05) is 0 Å². The number of halogens is 2. The van der Waals surface area contributed by atoms with Crippen LogP contribution in [-0.2, 0) is 10.1 Å². The first kappa shape index (κ1) is 15.7. The van der Waals surface area contributed by atoms with Crippen LogP contribution in [0.3, 0.4) is 0 Å². The topological polar surface area (TPSA) is 66.4 Å². The van der Waals surface area contributed by atoms with Crippen molar-refractivity contribution in [2.24, 2.45) is 0 Å². The molecule has 8 heteroatoms. The van der Waals surface area contributed by atoms with Crippen LogP contribution < -0.4 is 34.3 Å². The van der Waals surface area contributed by atoms with Gasteiger partial charge in [-0.25, -0.2) is 8.42 Å². The molecule has 1 aromatic carbocycles. The number of benzene rings is 1. The monoisotopic (exact) mass is 322 g/mol. The van der Waals surface area contributed by atoms with Crippen molar-refractivity contribution in [3.8, 4) is 5.75 Å². The minimum atomic E-state index is -4.58. The first-order chi connectivity index (χ1) is 6.36. The maximum atomic E-state index is 10.8. The Morgan fingerprint density at radius 2 is 2.00 bits per heavy atom. The van der Waals surface area contributed by atoms with E-state index in [1.165, 1.54) is 13.2 Å². The maximum absolute atomic E-state index is 10.8. The minimum absolute atomic E-state index is 0. The van der Waals surface area contributed by atoms with E-state index in [1.54, 1.807) is 0 Å². The average molecular weight is 324 g/mol. The van der Waals surface area contributed by atoms with Gasteiger partial charge in [0.05, 0.1) is 16.5 Å². The molecule has 4 nitrogen and oxygen atoms in total. The molecule has 0 heterocycles. The first-order valence-corrected chi connectivity index (χ1v) is 5.93. The molecular weight excluding hydrogens is 318 g/mol. The molecule has 0 radical (unpaired) electrons. The molecule has 0 aromatic heterocycles. The van der Waals surface area contributed by atoms with Crippen molar-refractivity contribution >= 4 is 37.6 Å². The fourth-order valence-electron chi connectivity index (χ4n) is 0.921. The van der Waals surface area contributed by atoms with E-state index in [2.05, 4.69) is 15.9 Å². The Labute approximate surface area is 123 Å². The Bertz CT molecular complexity index is 462. The predicted molar refractivity (Wildman–Crippen MR) is 53.7 cm³/mol. The van der Waals surface area contributed by atoms with Crippen molar-refractivity contribution in [1.82, 2.24) is 0 Å². The van der Waals surface area contributed by atoms with Gasteiger partial charge in [-0.3, -0.25) is 0 Å². The number of hydrogen-bond acceptors (Lipinski definition) is 4. The van der Waals surface area contributed by atoms with E-state index < -0.39 is 15.0 Å². The molecule has 0 amide bonds. The summed E-state index contributed by atoms with van der Waals surface area (Å²) in [6.45, 7) is 0. The fraction of sp³-hybridized carbons (Fsp3) is 0.143. The van der Waals surface area contributed by atoms with E-state index in [0.717, 1.165) is 6.07 Å². The smallest absolute Gasteiger partial charge is 0.744 e. The van der Waals surface area contributed by atoms with Crippen LogP contribution in [0.15, 0.2) is 21.5 Å². The number of methoxy groups -OCH3 is 1. The summed E-state index contributed by atoms with van der Waals surface area (Å²) in [6.07, 6.45) is 0. The van der Waals surface area contributed by atoms with Crippen molar-refractivity contribution in [3.05, 3.63) is 21.6 Å². The van der Waals surface area contributed by atoms with Gasteiger partial charge in [0, 0.05) is 5.02 Å². The Balaban J connectivity index is 0.00000196. The van der Waals surface area contributed by atoms with Gasteiger partial charge in [-0.1, -0.05) is 11.6 Å². The maximum Gasteiger partial charge on any atom is 1.00 e. The number of ether oxygens (including phenoxy) is 1. The molecule has 1 aromatic rings. The van der Waals surface area contributed by atoms with Crippen LogP contribution in [-0.4, -0.2) is 20.1 Å². The van der Waals surface area contributed by atoms with Gasteiger partial charge in [0.2, 0.25) is 0 Å². The fourth-order valence-corrected chi connectivity index (χ4v) is 2.78. The quantitative estimate of drug-likeness (QED) is 0.518. The van der Waals surface area contributed by atoms with E-state index in [-0.39, 0.29) is 40.3 Å². The number of hydrogen-bond donors (Lipinski definition) is 0. The van der Waals surface area contributed by atoms with E-state index >= 15 is 0 Å². The molecule has 0 bridgehead atoms. The van der Waals surface area contributed by atoms with Gasteiger partial charge in [0.25, 0.3) is 0 Å². The second-order valence-electron chi connectivity index (χ2n) is 2.37. The molecule has 0 saturated heterocycles. The van der Waals surface area contributed by atoms with Crippen LogP contribution in [0.5, 0.6) is 5.75 Å². The molecule has 0 spiro atoms. The van der Waals surface area contributed by atoms with Crippen LogP contribution in [0, 0.1) is 0 Å². The largest absolute Gasteiger partial charge is 1.00 e. The van der Waals surface area contributed by atoms with Crippen molar-refractivity contribution in [3.63, 3.8) is 0 Å². The second kappa shape index (κ2) is 5.86. The summed E-state index contributed by atoms with van der Waals surface area (Å²) in [5.41, 5.74) is 0. The minimum Gasteiger partial charge on any atom is -0.744 e. The van der Waals surface area contributed by atoms with Crippen molar-refractivity contribution in [1.29, 1.82) is 0 Å². The summed E-state index contributed by atoms with van der Waals surface area (Å²) in [6, 6.07) is 2.49. The summed E-state index contributed by atoms with van der Waals surface area (Å²) >= 11 is 8.63. The molecule has 0 fully saturated rings. The van der Waals surface area contributed by atoms with Gasteiger partial charge in [0.1, 0.15) is 10.1 Å². The number of rotatable bonds is 2. The zero-order valence-corrected chi connectivity index (χ0v) is 13.1. The van der Waals surface area contributed by atoms with Gasteiger partial charge < -0.3 is 9.29 Å². The molecule has 1 rings (SSSR count). The van der Waals surface area contributed by atoms with E-state index in [0.29, 0.717) is 4.47 Å². The van der Waals surface area contributed by atoms with Crippen molar-refractivity contribution < 1.29 is 47.3 Å². The normalized spacial score (nSPS) is 10.7. The molecule has 0 atom stereocenters. The third kappa shape index (κ3) is 3.89. The average Bonchev–Trinajstić information content (AvgIpc) is 2.01. The second-order valence-corrected chi connectivity index (χ2v) is 5.01. The van der Waals surface area contributed by atoms with Crippen LogP contribution in [0.1, 0.15) is 0 Å². The molecular formula is C7H5BrClNaO4S. The molecule has 0 N–H and O–H groups in total. The van der Waals surface area contributed by atoms with Gasteiger partial charge in [0.15, 0.2) is 5.75 Å². The van der Waals surface area contributed by atoms with E-state index in [9.17, 15) is 13.0 Å².